The van der Waals surface area contributed by atoms with E-state index in [-0.39, 0.29) is 29.0 Å². The van der Waals surface area contributed by atoms with E-state index in [0.29, 0.717) is 0 Å². The van der Waals surface area contributed by atoms with Gasteiger partial charge >= 0.3 is 5.97 Å². The van der Waals surface area contributed by atoms with Gasteiger partial charge in [0.25, 0.3) is 5.56 Å². The number of rotatable bonds is 7. The van der Waals surface area contributed by atoms with Gasteiger partial charge in [-0.3, -0.25) is 14.2 Å². The highest BCUT2D eigenvalue weighted by Crippen LogP contribution is 2.33. The van der Waals surface area contributed by atoms with Crippen molar-refractivity contribution in [3.8, 4) is 11.4 Å². The molecular weight excluding hydrogens is 509 g/mol. The van der Waals surface area contributed by atoms with Gasteiger partial charge in [0.2, 0.25) is 0 Å². The number of carbonyl (C=O) groups is 1. The number of hydrogen-bond donors (Lipinski definition) is 1. The maximum Gasteiger partial charge on any atom is 0.326 e. The van der Waals surface area contributed by atoms with Gasteiger partial charge in [-0.2, -0.15) is 0 Å². The number of esters is 1. The Hall–Kier alpha value is -4.46. The number of para-hydroxylation sites is 1. The maximum absolute atomic E-state index is 14.8. The summed E-state index contributed by atoms with van der Waals surface area (Å²) in [6.07, 6.45) is 1.40. The smallest absolute Gasteiger partial charge is 0.326 e. The fourth-order valence-corrected chi connectivity index (χ4v) is 4.84. The van der Waals surface area contributed by atoms with Crippen LogP contribution < -0.4 is 10.9 Å². The summed E-state index contributed by atoms with van der Waals surface area (Å²) in [6, 6.07) is 19.6. The van der Waals surface area contributed by atoms with Crippen LogP contribution in [0.25, 0.3) is 33.3 Å². The number of halogens is 1. The topological polar surface area (TPSA) is 86.4 Å². The van der Waals surface area contributed by atoms with E-state index in [0.717, 1.165) is 27.5 Å². The molecule has 206 valence electrons. The Morgan fingerprint density at radius 2 is 1.73 bits per heavy atom. The number of nitrogens with one attached hydrogen (secondary N) is 1. The summed E-state index contributed by atoms with van der Waals surface area (Å²) in [5, 5.41) is 5.34. The van der Waals surface area contributed by atoms with Gasteiger partial charge in [-0.05, 0) is 62.6 Å². The van der Waals surface area contributed by atoms with Crippen molar-refractivity contribution in [3.63, 3.8) is 0 Å². The van der Waals surface area contributed by atoms with E-state index in [1.54, 1.807) is 32.9 Å². The highest BCUT2D eigenvalue weighted by atomic mass is 19.1. The molecule has 5 aromatic rings. The van der Waals surface area contributed by atoms with Crippen molar-refractivity contribution in [3.05, 3.63) is 94.7 Å². The molecule has 0 aliphatic heterocycles. The first-order valence-corrected chi connectivity index (χ1v) is 13.3. The Bertz CT molecular complexity index is 1760. The summed E-state index contributed by atoms with van der Waals surface area (Å²) in [6.45, 7) is 8.92. The number of hydrogen-bond acceptors (Lipinski definition) is 6. The van der Waals surface area contributed by atoms with E-state index in [4.69, 9.17) is 9.15 Å². The second-order valence-electron chi connectivity index (χ2n) is 11.2. The molecular formula is C32H32FN3O4. The number of carbonyl (C=O) groups excluding carboxylic acids is 1. The molecule has 0 saturated carbocycles. The molecule has 0 fully saturated rings. The average molecular weight is 542 g/mol. The summed E-state index contributed by atoms with van der Waals surface area (Å²) >= 11 is 0. The minimum Gasteiger partial charge on any atom is -0.459 e. The lowest BCUT2D eigenvalue weighted by Crippen LogP contribution is -2.33. The zero-order valence-corrected chi connectivity index (χ0v) is 23.2. The lowest BCUT2D eigenvalue weighted by molar-refractivity contribution is -0.155. The largest absolute Gasteiger partial charge is 0.459 e. The van der Waals surface area contributed by atoms with E-state index in [9.17, 15) is 14.0 Å². The fourth-order valence-electron chi connectivity index (χ4n) is 4.84. The minimum absolute atomic E-state index is 0.0480. The summed E-state index contributed by atoms with van der Waals surface area (Å²) in [7, 11) is 0. The predicted molar refractivity (Wildman–Crippen MR) is 155 cm³/mol. The second-order valence-corrected chi connectivity index (χ2v) is 11.2. The molecule has 1 atom stereocenters. The van der Waals surface area contributed by atoms with Crippen molar-refractivity contribution in [2.45, 2.75) is 52.8 Å². The molecule has 0 radical (unpaired) electrons. The zero-order valence-electron chi connectivity index (χ0n) is 23.2. The van der Waals surface area contributed by atoms with Crippen molar-refractivity contribution in [2.24, 2.45) is 5.92 Å². The molecule has 8 heteroatoms. The van der Waals surface area contributed by atoms with E-state index in [1.165, 1.54) is 22.9 Å². The third-order valence-electron chi connectivity index (χ3n) is 6.61. The molecule has 0 unspecified atom stereocenters. The molecule has 0 bridgehead atoms. The first-order valence-electron chi connectivity index (χ1n) is 13.3. The Balaban J connectivity index is 1.57. The van der Waals surface area contributed by atoms with Crippen molar-refractivity contribution in [1.29, 1.82) is 0 Å². The van der Waals surface area contributed by atoms with Crippen LogP contribution in [0.1, 0.15) is 46.2 Å². The molecule has 2 heterocycles. The molecule has 0 aliphatic rings. The van der Waals surface area contributed by atoms with Crippen LogP contribution in [0, 0.1) is 11.7 Å². The number of nitrogens with zero attached hydrogens (tertiary/aromatic N) is 2. The van der Waals surface area contributed by atoms with Gasteiger partial charge in [0.05, 0.1) is 17.8 Å². The SMILES string of the molecule is CC(C)[C@@H](Nc1cnc(-c2ccccc2F)n(CC(=O)OC(C)(C)C)c1=O)c1ccc2oc3ccccc3c2c1. The van der Waals surface area contributed by atoms with Crippen LogP contribution >= 0.6 is 0 Å². The lowest BCUT2D eigenvalue weighted by Gasteiger charge is -2.25. The van der Waals surface area contributed by atoms with Gasteiger partial charge in [-0.25, -0.2) is 9.37 Å². The summed E-state index contributed by atoms with van der Waals surface area (Å²) < 4.78 is 27.4. The minimum atomic E-state index is -0.749. The Labute approximate surface area is 231 Å². The van der Waals surface area contributed by atoms with E-state index < -0.39 is 29.5 Å². The molecule has 0 saturated heterocycles. The van der Waals surface area contributed by atoms with E-state index in [1.807, 2.05) is 36.4 Å². The summed E-state index contributed by atoms with van der Waals surface area (Å²) in [4.78, 5) is 31.1. The molecule has 2 aromatic heterocycles. The first-order chi connectivity index (χ1) is 19.0. The quantitative estimate of drug-likeness (QED) is 0.221. The molecule has 0 spiro atoms. The number of ether oxygens (including phenoxy) is 1. The number of benzene rings is 3. The maximum atomic E-state index is 14.8. The molecule has 3 aromatic carbocycles. The van der Waals surface area contributed by atoms with Crippen LogP contribution in [0.2, 0.25) is 0 Å². The van der Waals surface area contributed by atoms with Crippen LogP contribution in [-0.2, 0) is 16.1 Å². The van der Waals surface area contributed by atoms with Gasteiger partial charge < -0.3 is 14.5 Å². The van der Waals surface area contributed by atoms with Gasteiger partial charge in [0.1, 0.15) is 40.6 Å². The molecule has 7 nitrogen and oxygen atoms in total. The predicted octanol–water partition coefficient (Wildman–Crippen LogP) is 7.10. The number of fused-ring (bicyclic) bond motifs is 3. The van der Waals surface area contributed by atoms with Crippen molar-refractivity contribution in [1.82, 2.24) is 9.55 Å². The fraction of sp³-hybridized carbons (Fsp3) is 0.281. The number of anilines is 1. The standard InChI is InChI=1S/C32H32FN3O4/c1-19(2)29(20-14-15-27-23(16-20)21-10-7-9-13-26(21)39-27)35-25-17-34-30(22-11-6-8-12-24(22)33)36(31(25)38)18-28(37)40-32(3,4)5/h6-17,19,29,35H,18H2,1-5H3/t29-/m1/s1. The lowest BCUT2D eigenvalue weighted by atomic mass is 9.94. The first kappa shape index (κ1) is 27.1. The Kier molecular flexibility index (Phi) is 7.19. The molecule has 1 N–H and O–H groups in total. The monoisotopic (exact) mass is 541 g/mol. The van der Waals surface area contributed by atoms with Gasteiger partial charge in [0, 0.05) is 10.8 Å². The van der Waals surface area contributed by atoms with Crippen molar-refractivity contribution >= 4 is 33.6 Å². The molecule has 5 rings (SSSR count). The normalized spacial score (nSPS) is 12.7. The molecule has 0 amide bonds. The van der Waals surface area contributed by atoms with Crippen molar-refractivity contribution in [2.75, 3.05) is 5.32 Å². The van der Waals surface area contributed by atoms with Crippen molar-refractivity contribution < 1.29 is 18.3 Å². The highest BCUT2D eigenvalue weighted by molar-refractivity contribution is 6.05. The van der Waals surface area contributed by atoms with Gasteiger partial charge in [-0.15, -0.1) is 0 Å². The summed E-state index contributed by atoms with van der Waals surface area (Å²) in [5.41, 5.74) is 1.61. The van der Waals surface area contributed by atoms with Crippen LogP contribution in [0.15, 0.2) is 82.1 Å². The zero-order chi connectivity index (χ0) is 28.6. The van der Waals surface area contributed by atoms with Gasteiger partial charge in [-0.1, -0.05) is 50.2 Å². The highest BCUT2D eigenvalue weighted by Gasteiger charge is 2.24. The second kappa shape index (κ2) is 10.6. The molecule has 40 heavy (non-hydrogen) atoms. The summed E-state index contributed by atoms with van der Waals surface area (Å²) in [5.74, 6) is -1.04. The third-order valence-corrected chi connectivity index (χ3v) is 6.61. The third kappa shape index (κ3) is 5.47. The van der Waals surface area contributed by atoms with Crippen LogP contribution in [0.4, 0.5) is 10.1 Å². The van der Waals surface area contributed by atoms with E-state index >= 15 is 0 Å². The average Bonchev–Trinajstić information content (AvgIpc) is 3.26. The Morgan fingerprint density at radius 1 is 1.02 bits per heavy atom. The van der Waals surface area contributed by atoms with E-state index in [2.05, 4.69) is 30.2 Å². The number of furan rings is 1. The van der Waals surface area contributed by atoms with Crippen LogP contribution in [-0.4, -0.2) is 21.1 Å². The van der Waals surface area contributed by atoms with Crippen LogP contribution in [0.5, 0.6) is 0 Å². The Morgan fingerprint density at radius 3 is 2.45 bits per heavy atom. The number of aromatic nitrogens is 2. The van der Waals surface area contributed by atoms with Crippen LogP contribution in [0.3, 0.4) is 0 Å². The van der Waals surface area contributed by atoms with Gasteiger partial charge in [0.15, 0.2) is 0 Å². The molecule has 0 aliphatic carbocycles.